The first-order valence-electron chi connectivity index (χ1n) is 6.30. The van der Waals surface area contributed by atoms with E-state index in [0.717, 1.165) is 19.4 Å². The average molecular weight is 257 g/mol. The Labute approximate surface area is 108 Å². The SMILES string of the molecule is CN(C)CCN(C)C(=O)N(CCC(=O)O)C1CC1. The summed E-state index contributed by atoms with van der Waals surface area (Å²) in [5.74, 6) is -0.857. The summed E-state index contributed by atoms with van der Waals surface area (Å²) in [4.78, 5) is 28.2. The van der Waals surface area contributed by atoms with Crippen LogP contribution in [0, 0.1) is 0 Å². The zero-order valence-corrected chi connectivity index (χ0v) is 11.4. The van der Waals surface area contributed by atoms with Crippen LogP contribution in [0.2, 0.25) is 0 Å². The first kappa shape index (κ1) is 14.8. The molecule has 1 aliphatic rings. The summed E-state index contributed by atoms with van der Waals surface area (Å²) in [7, 11) is 5.69. The van der Waals surface area contributed by atoms with Crippen LogP contribution in [0.15, 0.2) is 0 Å². The number of carboxylic acid groups (broad SMARTS) is 1. The topological polar surface area (TPSA) is 64.1 Å². The molecular weight excluding hydrogens is 234 g/mol. The van der Waals surface area contributed by atoms with Gasteiger partial charge in [-0.3, -0.25) is 4.79 Å². The lowest BCUT2D eigenvalue weighted by molar-refractivity contribution is -0.137. The highest BCUT2D eigenvalue weighted by Crippen LogP contribution is 2.27. The van der Waals surface area contributed by atoms with E-state index in [4.69, 9.17) is 5.11 Å². The molecular formula is C12H23N3O3. The van der Waals surface area contributed by atoms with Crippen molar-refractivity contribution in [3.8, 4) is 0 Å². The van der Waals surface area contributed by atoms with Crippen molar-refractivity contribution in [3.05, 3.63) is 0 Å². The van der Waals surface area contributed by atoms with Crippen LogP contribution in [-0.4, -0.2) is 78.6 Å². The molecule has 0 aromatic heterocycles. The van der Waals surface area contributed by atoms with E-state index < -0.39 is 5.97 Å². The van der Waals surface area contributed by atoms with Gasteiger partial charge in [0.2, 0.25) is 0 Å². The van der Waals surface area contributed by atoms with Crippen LogP contribution in [-0.2, 0) is 4.79 Å². The molecule has 0 aromatic carbocycles. The van der Waals surface area contributed by atoms with E-state index in [1.165, 1.54) is 0 Å². The second kappa shape index (κ2) is 6.58. The van der Waals surface area contributed by atoms with Crippen molar-refractivity contribution in [3.63, 3.8) is 0 Å². The van der Waals surface area contributed by atoms with Crippen molar-refractivity contribution in [1.82, 2.24) is 14.7 Å². The van der Waals surface area contributed by atoms with Crippen LogP contribution < -0.4 is 0 Å². The summed E-state index contributed by atoms with van der Waals surface area (Å²) in [6.07, 6.45) is 2.00. The maximum atomic E-state index is 12.2. The van der Waals surface area contributed by atoms with Crippen LogP contribution >= 0.6 is 0 Å². The van der Waals surface area contributed by atoms with Gasteiger partial charge in [-0.25, -0.2) is 4.79 Å². The quantitative estimate of drug-likeness (QED) is 0.723. The Kier molecular flexibility index (Phi) is 5.40. The summed E-state index contributed by atoms with van der Waals surface area (Å²) in [5.41, 5.74) is 0. The van der Waals surface area contributed by atoms with Gasteiger partial charge in [-0.1, -0.05) is 0 Å². The molecule has 6 nitrogen and oxygen atoms in total. The molecule has 6 heteroatoms. The fraction of sp³-hybridized carbons (Fsp3) is 0.833. The second-order valence-electron chi connectivity index (χ2n) is 5.08. The zero-order valence-electron chi connectivity index (χ0n) is 11.4. The number of likely N-dealkylation sites (N-methyl/N-ethyl adjacent to an activating group) is 2. The van der Waals surface area contributed by atoms with Gasteiger partial charge in [0.25, 0.3) is 0 Å². The molecule has 1 N–H and O–H groups in total. The zero-order chi connectivity index (χ0) is 13.7. The van der Waals surface area contributed by atoms with Crippen molar-refractivity contribution in [2.45, 2.75) is 25.3 Å². The number of aliphatic carboxylic acids is 1. The number of rotatable bonds is 7. The summed E-state index contributed by atoms with van der Waals surface area (Å²) in [5, 5.41) is 8.70. The summed E-state index contributed by atoms with van der Waals surface area (Å²) in [6, 6.07) is 0.194. The molecule has 0 saturated heterocycles. The predicted octanol–water partition coefficient (Wildman–Crippen LogP) is 0.539. The highest BCUT2D eigenvalue weighted by molar-refractivity contribution is 5.76. The van der Waals surface area contributed by atoms with Gasteiger partial charge in [0, 0.05) is 32.7 Å². The number of nitrogens with zero attached hydrogens (tertiary/aromatic N) is 3. The standard InChI is InChI=1S/C12H23N3O3/c1-13(2)8-9-14(3)12(18)15(10-4-5-10)7-6-11(16)17/h10H,4-9H2,1-3H3,(H,16,17). The Morgan fingerprint density at radius 1 is 1.11 bits per heavy atom. The third-order valence-corrected chi connectivity index (χ3v) is 3.01. The lowest BCUT2D eigenvalue weighted by Gasteiger charge is -2.28. The molecule has 0 aliphatic heterocycles. The fourth-order valence-electron chi connectivity index (χ4n) is 1.70. The van der Waals surface area contributed by atoms with Gasteiger partial charge in [0.15, 0.2) is 0 Å². The van der Waals surface area contributed by atoms with Gasteiger partial charge < -0.3 is 19.8 Å². The van der Waals surface area contributed by atoms with E-state index >= 15 is 0 Å². The second-order valence-corrected chi connectivity index (χ2v) is 5.08. The summed E-state index contributed by atoms with van der Waals surface area (Å²) >= 11 is 0. The first-order chi connectivity index (χ1) is 8.41. The van der Waals surface area contributed by atoms with E-state index in [1.54, 1.807) is 16.8 Å². The van der Waals surface area contributed by atoms with Gasteiger partial charge >= 0.3 is 12.0 Å². The maximum absolute atomic E-state index is 12.2. The number of carbonyl (C=O) groups is 2. The van der Waals surface area contributed by atoms with Crippen LogP contribution in [0.1, 0.15) is 19.3 Å². The maximum Gasteiger partial charge on any atom is 0.320 e. The van der Waals surface area contributed by atoms with Crippen molar-refractivity contribution >= 4 is 12.0 Å². The number of hydrogen-bond donors (Lipinski definition) is 1. The largest absolute Gasteiger partial charge is 0.481 e. The summed E-state index contributed by atoms with van der Waals surface area (Å²) < 4.78 is 0. The van der Waals surface area contributed by atoms with Crippen molar-refractivity contribution in [2.75, 3.05) is 40.8 Å². The average Bonchev–Trinajstić information content (AvgIpc) is 3.09. The molecule has 104 valence electrons. The molecule has 1 saturated carbocycles. The molecule has 1 aliphatic carbocycles. The lowest BCUT2D eigenvalue weighted by atomic mass is 10.3. The van der Waals surface area contributed by atoms with Crippen LogP contribution in [0.3, 0.4) is 0 Å². The minimum atomic E-state index is -0.857. The van der Waals surface area contributed by atoms with Crippen LogP contribution in [0.25, 0.3) is 0 Å². The van der Waals surface area contributed by atoms with Crippen molar-refractivity contribution in [1.29, 1.82) is 0 Å². The molecule has 0 atom stereocenters. The summed E-state index contributed by atoms with van der Waals surface area (Å²) in [6.45, 7) is 1.77. The monoisotopic (exact) mass is 257 g/mol. The third kappa shape index (κ3) is 4.91. The number of hydrogen-bond acceptors (Lipinski definition) is 3. The number of carbonyl (C=O) groups excluding carboxylic acids is 1. The molecule has 1 rings (SSSR count). The highest BCUT2D eigenvalue weighted by Gasteiger charge is 2.33. The Morgan fingerprint density at radius 3 is 2.17 bits per heavy atom. The van der Waals surface area contributed by atoms with Gasteiger partial charge in [-0.15, -0.1) is 0 Å². The van der Waals surface area contributed by atoms with E-state index in [-0.39, 0.29) is 18.5 Å². The van der Waals surface area contributed by atoms with Gasteiger partial charge in [0.05, 0.1) is 6.42 Å². The van der Waals surface area contributed by atoms with Crippen molar-refractivity contribution in [2.24, 2.45) is 0 Å². The van der Waals surface area contributed by atoms with Crippen LogP contribution in [0.5, 0.6) is 0 Å². The van der Waals surface area contributed by atoms with Crippen LogP contribution in [0.4, 0.5) is 4.79 Å². The number of urea groups is 1. The number of amides is 2. The Hall–Kier alpha value is -1.30. The molecule has 0 radical (unpaired) electrons. The minimum absolute atomic E-state index is 0.0176. The number of carboxylic acids is 1. The molecule has 2 amide bonds. The van der Waals surface area contributed by atoms with Gasteiger partial charge in [-0.05, 0) is 26.9 Å². The lowest BCUT2D eigenvalue weighted by Crippen LogP contribution is -2.45. The smallest absolute Gasteiger partial charge is 0.320 e. The molecule has 0 aromatic rings. The normalized spacial score (nSPS) is 14.7. The van der Waals surface area contributed by atoms with E-state index in [2.05, 4.69) is 0 Å². The molecule has 0 spiro atoms. The Bertz CT molecular complexity index is 303. The van der Waals surface area contributed by atoms with E-state index in [1.807, 2.05) is 19.0 Å². The van der Waals surface area contributed by atoms with Crippen molar-refractivity contribution < 1.29 is 14.7 Å². The highest BCUT2D eigenvalue weighted by atomic mass is 16.4. The minimum Gasteiger partial charge on any atom is -0.481 e. The van der Waals surface area contributed by atoms with Gasteiger partial charge in [-0.2, -0.15) is 0 Å². The first-order valence-corrected chi connectivity index (χ1v) is 6.30. The molecule has 0 unspecified atom stereocenters. The molecule has 1 fully saturated rings. The van der Waals surface area contributed by atoms with E-state index in [0.29, 0.717) is 13.1 Å². The van der Waals surface area contributed by atoms with Gasteiger partial charge in [0.1, 0.15) is 0 Å². The Morgan fingerprint density at radius 2 is 1.72 bits per heavy atom. The Balaban J connectivity index is 2.45. The molecule has 0 bridgehead atoms. The predicted molar refractivity (Wildman–Crippen MR) is 68.6 cm³/mol. The molecule has 18 heavy (non-hydrogen) atoms. The fourth-order valence-corrected chi connectivity index (χ4v) is 1.70. The molecule has 0 heterocycles. The van der Waals surface area contributed by atoms with E-state index in [9.17, 15) is 9.59 Å². The third-order valence-electron chi connectivity index (χ3n) is 3.01.